The van der Waals surface area contributed by atoms with E-state index in [1.807, 2.05) is 0 Å². The van der Waals surface area contributed by atoms with E-state index in [0.29, 0.717) is 32.5 Å². The van der Waals surface area contributed by atoms with Gasteiger partial charge in [0.25, 0.3) is 0 Å². The summed E-state index contributed by atoms with van der Waals surface area (Å²) in [7, 11) is -1.85. The van der Waals surface area contributed by atoms with E-state index in [-0.39, 0.29) is 19.1 Å². The number of aliphatic hydroxyl groups is 1. The van der Waals surface area contributed by atoms with Gasteiger partial charge in [-0.15, -0.1) is 0 Å². The monoisotopic (exact) mass is 294 g/mol. The van der Waals surface area contributed by atoms with Crippen molar-refractivity contribution in [3.8, 4) is 0 Å². The molecule has 0 radical (unpaired) electrons. The van der Waals surface area contributed by atoms with Gasteiger partial charge in [0.2, 0.25) is 15.9 Å². The van der Waals surface area contributed by atoms with Crippen molar-refractivity contribution in [1.82, 2.24) is 9.21 Å². The Kier molecular flexibility index (Phi) is 6.18. The van der Waals surface area contributed by atoms with Gasteiger partial charge in [-0.2, -0.15) is 4.31 Å². The van der Waals surface area contributed by atoms with Crippen LogP contribution >= 0.6 is 0 Å². The zero-order valence-corrected chi connectivity index (χ0v) is 12.2. The van der Waals surface area contributed by atoms with Crippen LogP contribution in [0, 0.1) is 0 Å². The van der Waals surface area contributed by atoms with Crippen LogP contribution in [0.4, 0.5) is 0 Å². The molecule has 7 nitrogen and oxygen atoms in total. The van der Waals surface area contributed by atoms with E-state index in [9.17, 15) is 13.2 Å². The lowest BCUT2D eigenvalue weighted by molar-refractivity contribution is -0.135. The van der Waals surface area contributed by atoms with Crippen LogP contribution in [0.2, 0.25) is 0 Å². The number of amides is 1. The third-order valence-corrected chi connectivity index (χ3v) is 4.45. The van der Waals surface area contributed by atoms with Crippen molar-refractivity contribution >= 4 is 15.9 Å². The van der Waals surface area contributed by atoms with Crippen molar-refractivity contribution in [2.24, 2.45) is 0 Å². The van der Waals surface area contributed by atoms with Gasteiger partial charge in [0, 0.05) is 26.7 Å². The zero-order chi connectivity index (χ0) is 14.5. The first kappa shape index (κ1) is 16.4. The van der Waals surface area contributed by atoms with Gasteiger partial charge in [0.15, 0.2) is 0 Å². The van der Waals surface area contributed by atoms with Crippen LogP contribution in [0.3, 0.4) is 0 Å². The molecule has 1 rings (SSSR count). The standard InChI is InChI=1S/C11H22N2O5S/c1-18-9-7-12(6-8-14)11(15)10-4-3-5-13(10)19(2,16)17/h10,14H,3-9H2,1-2H3. The van der Waals surface area contributed by atoms with E-state index in [4.69, 9.17) is 9.84 Å². The molecule has 0 aliphatic carbocycles. The Morgan fingerprint density at radius 2 is 2.16 bits per heavy atom. The number of sulfonamides is 1. The Morgan fingerprint density at radius 3 is 2.68 bits per heavy atom. The van der Waals surface area contributed by atoms with Crippen LogP contribution in [-0.2, 0) is 19.6 Å². The predicted octanol–water partition coefficient (Wildman–Crippen LogP) is -1.12. The highest BCUT2D eigenvalue weighted by atomic mass is 32.2. The first-order valence-corrected chi connectivity index (χ1v) is 8.12. The third kappa shape index (κ3) is 4.41. The van der Waals surface area contributed by atoms with Gasteiger partial charge in [-0.25, -0.2) is 8.42 Å². The molecule has 1 heterocycles. The Labute approximate surface area is 114 Å². The third-order valence-electron chi connectivity index (χ3n) is 3.16. The highest BCUT2D eigenvalue weighted by molar-refractivity contribution is 7.88. The molecule has 112 valence electrons. The Balaban J connectivity index is 2.77. The molecule has 19 heavy (non-hydrogen) atoms. The van der Waals surface area contributed by atoms with Crippen molar-refractivity contribution in [2.75, 3.05) is 46.2 Å². The lowest BCUT2D eigenvalue weighted by Gasteiger charge is -2.28. The predicted molar refractivity (Wildman–Crippen MR) is 70.1 cm³/mol. The summed E-state index contributed by atoms with van der Waals surface area (Å²) in [5, 5.41) is 8.99. The molecule has 1 fully saturated rings. The fraction of sp³-hybridized carbons (Fsp3) is 0.909. The minimum atomic E-state index is -3.37. The highest BCUT2D eigenvalue weighted by Crippen LogP contribution is 2.22. The number of ether oxygens (including phenoxy) is 1. The maximum Gasteiger partial charge on any atom is 0.241 e. The van der Waals surface area contributed by atoms with E-state index in [2.05, 4.69) is 0 Å². The fourth-order valence-corrected chi connectivity index (χ4v) is 3.37. The average Bonchev–Trinajstić information content (AvgIpc) is 2.82. The summed E-state index contributed by atoms with van der Waals surface area (Å²) in [6.45, 7) is 1.13. The summed E-state index contributed by atoms with van der Waals surface area (Å²) in [6, 6.07) is -0.640. The van der Waals surface area contributed by atoms with Gasteiger partial charge in [0.05, 0.1) is 19.5 Å². The molecule has 0 saturated carbocycles. The number of carbonyl (C=O) groups is 1. The first-order valence-electron chi connectivity index (χ1n) is 6.27. The molecule has 1 aliphatic rings. The molecule has 1 unspecified atom stereocenters. The molecule has 0 aromatic carbocycles. The second-order valence-corrected chi connectivity index (χ2v) is 6.51. The average molecular weight is 294 g/mol. The minimum absolute atomic E-state index is 0.152. The molecule has 1 amide bonds. The van der Waals surface area contributed by atoms with Crippen LogP contribution in [0.25, 0.3) is 0 Å². The normalized spacial score (nSPS) is 20.7. The van der Waals surface area contributed by atoms with Crippen LogP contribution in [-0.4, -0.2) is 80.9 Å². The Bertz CT molecular complexity index is 398. The molecule has 1 saturated heterocycles. The quantitative estimate of drug-likeness (QED) is 0.642. The maximum atomic E-state index is 12.4. The van der Waals surface area contributed by atoms with Crippen molar-refractivity contribution in [3.63, 3.8) is 0 Å². The number of nitrogens with zero attached hydrogens (tertiary/aromatic N) is 2. The summed E-state index contributed by atoms with van der Waals surface area (Å²) in [4.78, 5) is 13.8. The molecule has 1 atom stereocenters. The molecule has 1 N–H and O–H groups in total. The number of carbonyl (C=O) groups excluding carboxylic acids is 1. The zero-order valence-electron chi connectivity index (χ0n) is 11.4. The van der Waals surface area contributed by atoms with E-state index >= 15 is 0 Å². The lowest BCUT2D eigenvalue weighted by Crippen LogP contribution is -2.49. The topological polar surface area (TPSA) is 87.2 Å². The maximum absolute atomic E-state index is 12.4. The van der Waals surface area contributed by atoms with E-state index in [1.54, 1.807) is 0 Å². The summed E-state index contributed by atoms with van der Waals surface area (Å²) in [5.41, 5.74) is 0. The molecule has 0 aromatic heterocycles. The van der Waals surface area contributed by atoms with Gasteiger partial charge in [-0.3, -0.25) is 4.79 Å². The Hall–Kier alpha value is -0.700. The number of methoxy groups -OCH3 is 1. The smallest absolute Gasteiger partial charge is 0.241 e. The number of aliphatic hydroxyl groups excluding tert-OH is 1. The van der Waals surface area contributed by atoms with Gasteiger partial charge in [0.1, 0.15) is 6.04 Å². The summed E-state index contributed by atoms with van der Waals surface area (Å²) in [6.07, 6.45) is 2.33. The molecular weight excluding hydrogens is 272 g/mol. The van der Waals surface area contributed by atoms with Crippen molar-refractivity contribution < 1.29 is 23.1 Å². The van der Waals surface area contributed by atoms with Crippen molar-refractivity contribution in [2.45, 2.75) is 18.9 Å². The largest absolute Gasteiger partial charge is 0.395 e. The van der Waals surface area contributed by atoms with Crippen molar-refractivity contribution in [3.05, 3.63) is 0 Å². The van der Waals surface area contributed by atoms with Gasteiger partial charge in [-0.05, 0) is 12.8 Å². The van der Waals surface area contributed by atoms with Crippen LogP contribution in [0.5, 0.6) is 0 Å². The van der Waals surface area contributed by atoms with E-state index in [0.717, 1.165) is 6.26 Å². The second-order valence-electron chi connectivity index (χ2n) is 4.57. The molecule has 0 bridgehead atoms. The van der Waals surface area contributed by atoms with Gasteiger partial charge >= 0.3 is 0 Å². The molecular formula is C11H22N2O5S. The van der Waals surface area contributed by atoms with Crippen molar-refractivity contribution in [1.29, 1.82) is 0 Å². The van der Waals surface area contributed by atoms with Gasteiger partial charge < -0.3 is 14.7 Å². The summed E-state index contributed by atoms with van der Waals surface area (Å²) >= 11 is 0. The molecule has 8 heteroatoms. The summed E-state index contributed by atoms with van der Waals surface area (Å²) in [5.74, 6) is -0.256. The molecule has 0 spiro atoms. The van der Waals surface area contributed by atoms with Crippen LogP contribution < -0.4 is 0 Å². The minimum Gasteiger partial charge on any atom is -0.395 e. The van der Waals surface area contributed by atoms with Gasteiger partial charge in [-0.1, -0.05) is 0 Å². The number of hydrogen-bond acceptors (Lipinski definition) is 5. The van der Waals surface area contributed by atoms with Crippen LogP contribution in [0.15, 0.2) is 0 Å². The number of rotatable bonds is 7. The van der Waals surface area contributed by atoms with E-state index < -0.39 is 16.1 Å². The Morgan fingerprint density at radius 1 is 1.47 bits per heavy atom. The lowest BCUT2D eigenvalue weighted by atomic mass is 10.2. The summed E-state index contributed by atoms with van der Waals surface area (Å²) < 4.78 is 29.4. The first-order chi connectivity index (χ1) is 8.91. The molecule has 0 aromatic rings. The SMILES string of the molecule is COCCN(CCO)C(=O)C1CCCN1S(C)(=O)=O. The fourth-order valence-electron chi connectivity index (χ4n) is 2.25. The molecule has 1 aliphatic heterocycles. The van der Waals surface area contributed by atoms with Crippen LogP contribution in [0.1, 0.15) is 12.8 Å². The highest BCUT2D eigenvalue weighted by Gasteiger charge is 2.38. The van der Waals surface area contributed by atoms with E-state index in [1.165, 1.54) is 16.3 Å². The number of hydrogen-bond donors (Lipinski definition) is 1. The second kappa shape index (κ2) is 7.18.